The monoisotopic (exact) mass is 184 g/mol. The van der Waals surface area contributed by atoms with E-state index in [1.807, 2.05) is 0 Å². The summed E-state index contributed by atoms with van der Waals surface area (Å²) in [5, 5.41) is 0.0648. The average Bonchev–Trinajstić information content (AvgIpc) is 1.88. The largest absolute Gasteiger partial charge is 2.00 e. The van der Waals surface area contributed by atoms with Crippen molar-refractivity contribution < 1.29 is 17.2 Å². The molecule has 1 aromatic carbocycles. The summed E-state index contributed by atoms with van der Waals surface area (Å²) in [7, 11) is -4.02. The molecule has 0 aliphatic heterocycles. The van der Waals surface area contributed by atoms with Crippen LogP contribution in [-0.2, 0) is 4.57 Å². The van der Waals surface area contributed by atoms with E-state index >= 15 is 0 Å². The van der Waals surface area contributed by atoms with E-state index in [9.17, 15) is 4.57 Å². The van der Waals surface area contributed by atoms with Crippen LogP contribution in [0.5, 0.6) is 0 Å². The number of hydrogen-bond acceptors (Lipinski definition) is 1. The summed E-state index contributed by atoms with van der Waals surface area (Å²) < 4.78 is 10.5. The van der Waals surface area contributed by atoms with E-state index in [1.54, 1.807) is 18.2 Å². The van der Waals surface area contributed by atoms with Gasteiger partial charge in [0.25, 0.3) is 0 Å². The Kier molecular flexibility index (Phi) is 4.29. The molecule has 0 atom stereocenters. The van der Waals surface area contributed by atoms with E-state index in [0.717, 1.165) is 0 Å². The summed E-state index contributed by atoms with van der Waals surface area (Å²) in [6.07, 6.45) is 0. The molecule has 0 amide bonds. The summed E-state index contributed by atoms with van der Waals surface area (Å²) >= 11 is 0. The first-order chi connectivity index (χ1) is 4.61. The van der Waals surface area contributed by atoms with Gasteiger partial charge in [-0.05, 0) is 12.1 Å². The minimum Gasteiger partial charge on any atom is -1.00 e. The minimum absolute atomic E-state index is 0. The van der Waals surface area contributed by atoms with Crippen LogP contribution in [0, 0.1) is 0 Å². The first-order valence-corrected chi connectivity index (χ1v) is 4.33. The van der Waals surface area contributed by atoms with Crippen LogP contribution >= 0.6 is 7.60 Å². The smallest absolute Gasteiger partial charge is 1.00 e. The van der Waals surface area contributed by atoms with Crippen molar-refractivity contribution in [3.05, 3.63) is 30.3 Å². The maximum atomic E-state index is 10.5. The Bertz CT molecular complexity index is 264. The molecule has 1 rings (SSSR count). The minimum atomic E-state index is -4.02. The van der Waals surface area contributed by atoms with Crippen molar-refractivity contribution in [2.75, 3.05) is 0 Å². The fraction of sp³-hybridized carbons (Fsp3) is 0. The maximum Gasteiger partial charge on any atom is 2.00 e. The van der Waals surface area contributed by atoms with E-state index in [1.165, 1.54) is 12.1 Å². The zero-order valence-electron chi connectivity index (χ0n) is 7.84. The van der Waals surface area contributed by atoms with E-state index in [0.29, 0.717) is 0 Å². The van der Waals surface area contributed by atoms with Crippen molar-refractivity contribution in [3.8, 4) is 0 Å². The van der Waals surface area contributed by atoms with Crippen LogP contribution < -0.4 is 5.30 Å². The molecule has 0 aliphatic carbocycles. The van der Waals surface area contributed by atoms with Crippen molar-refractivity contribution in [2.24, 2.45) is 0 Å². The van der Waals surface area contributed by atoms with Crippen LogP contribution in [0.25, 0.3) is 0 Å². The van der Waals surface area contributed by atoms with Gasteiger partial charge in [0.2, 0.25) is 0 Å². The molecule has 0 saturated heterocycles. The fourth-order valence-corrected chi connectivity index (χ4v) is 1.18. The molecule has 1 aromatic rings. The van der Waals surface area contributed by atoms with Crippen LogP contribution in [-0.4, -0.2) is 32.8 Å². The molecule has 0 heterocycles. The molecule has 0 aromatic heterocycles. The molecule has 2 N–H and O–H groups in total. The quantitative estimate of drug-likeness (QED) is 0.489. The predicted octanol–water partition coefficient (Wildman–Crippen LogP) is 0.334. The normalized spacial score (nSPS) is 10.4. The van der Waals surface area contributed by atoms with Gasteiger partial charge in [0.15, 0.2) is 0 Å². The first-order valence-electron chi connectivity index (χ1n) is 2.72. The topological polar surface area (TPSA) is 57.5 Å². The van der Waals surface area contributed by atoms with Gasteiger partial charge in [-0.15, -0.1) is 0 Å². The van der Waals surface area contributed by atoms with Gasteiger partial charge >= 0.3 is 30.6 Å². The Hall–Kier alpha value is 0.136. The average molecular weight is 184 g/mol. The van der Waals surface area contributed by atoms with Gasteiger partial charge in [-0.2, -0.15) is 0 Å². The summed E-state index contributed by atoms with van der Waals surface area (Å²) in [6, 6.07) is 7.70. The zero-order valence-corrected chi connectivity index (χ0v) is 8.15. The van der Waals surface area contributed by atoms with Crippen LogP contribution in [0.2, 0.25) is 0 Å². The third-order valence-corrected chi connectivity index (χ3v) is 2.06. The van der Waals surface area contributed by atoms with Crippen molar-refractivity contribution in [3.63, 3.8) is 0 Å². The second-order valence-electron chi connectivity index (χ2n) is 1.88. The molecule has 0 bridgehead atoms. The molecule has 58 valence electrons. The molecule has 0 unspecified atom stereocenters. The Balaban J connectivity index is -0.000000333. The van der Waals surface area contributed by atoms with Gasteiger partial charge < -0.3 is 12.6 Å². The van der Waals surface area contributed by atoms with Gasteiger partial charge in [-0.25, -0.2) is 0 Å². The van der Waals surface area contributed by atoms with Crippen LogP contribution in [0.15, 0.2) is 30.3 Å². The maximum absolute atomic E-state index is 10.5. The first kappa shape index (κ1) is 11.1. The SMILES string of the molecule is O=P(O)(O)c1ccccc1.[H-].[H-].[Mg+2]. The summed E-state index contributed by atoms with van der Waals surface area (Å²) in [5.41, 5.74) is 0. The molecular formula is C6H9MgO3P. The van der Waals surface area contributed by atoms with Gasteiger partial charge in [-0.3, -0.25) is 4.57 Å². The van der Waals surface area contributed by atoms with Crippen molar-refractivity contribution in [1.29, 1.82) is 0 Å². The zero-order chi connectivity index (χ0) is 7.61. The summed E-state index contributed by atoms with van der Waals surface area (Å²) in [6.45, 7) is 0. The molecule has 0 radical (unpaired) electrons. The molecule has 0 spiro atoms. The summed E-state index contributed by atoms with van der Waals surface area (Å²) in [5.74, 6) is 0. The predicted molar refractivity (Wildman–Crippen MR) is 46.1 cm³/mol. The van der Waals surface area contributed by atoms with Crippen molar-refractivity contribution >= 4 is 36.0 Å². The van der Waals surface area contributed by atoms with Crippen LogP contribution in [0.1, 0.15) is 2.85 Å². The third kappa shape index (κ3) is 3.36. The van der Waals surface area contributed by atoms with Gasteiger partial charge in [0.1, 0.15) is 0 Å². The van der Waals surface area contributed by atoms with Gasteiger partial charge in [0, 0.05) is 0 Å². The molecule has 0 saturated carbocycles. The summed E-state index contributed by atoms with van der Waals surface area (Å²) in [4.78, 5) is 17.2. The Morgan fingerprint density at radius 1 is 1.18 bits per heavy atom. The van der Waals surface area contributed by atoms with Crippen LogP contribution in [0.4, 0.5) is 0 Å². The number of hydrogen-bond donors (Lipinski definition) is 2. The molecule has 5 heteroatoms. The van der Waals surface area contributed by atoms with E-state index in [2.05, 4.69) is 0 Å². The van der Waals surface area contributed by atoms with Gasteiger partial charge in [-0.1, -0.05) is 18.2 Å². The molecule has 0 aliphatic rings. The van der Waals surface area contributed by atoms with Crippen molar-refractivity contribution in [1.82, 2.24) is 0 Å². The second kappa shape index (κ2) is 4.23. The number of benzene rings is 1. The van der Waals surface area contributed by atoms with Crippen molar-refractivity contribution in [2.45, 2.75) is 0 Å². The third-order valence-electron chi connectivity index (χ3n) is 1.09. The van der Waals surface area contributed by atoms with E-state index in [4.69, 9.17) is 9.79 Å². The molecular weight excluding hydrogens is 175 g/mol. The Morgan fingerprint density at radius 3 is 1.91 bits per heavy atom. The standard InChI is InChI=1S/C6H7O3P.Mg.2H/c7-10(8,9)6-4-2-1-3-5-6;;;/h1-5H,(H2,7,8,9);;;/q;+2;2*-1. The van der Waals surface area contributed by atoms with E-state index < -0.39 is 7.60 Å². The fourth-order valence-electron chi connectivity index (χ4n) is 0.622. The number of rotatable bonds is 1. The Morgan fingerprint density at radius 2 is 1.64 bits per heavy atom. The molecule has 0 fully saturated rings. The Labute approximate surface area is 83.7 Å². The molecule has 3 nitrogen and oxygen atoms in total. The van der Waals surface area contributed by atoms with Gasteiger partial charge in [0.05, 0.1) is 5.30 Å². The molecule has 11 heavy (non-hydrogen) atoms. The second-order valence-corrected chi connectivity index (χ2v) is 3.48. The van der Waals surface area contributed by atoms with E-state index in [-0.39, 0.29) is 31.2 Å². The van der Waals surface area contributed by atoms with Crippen LogP contribution in [0.3, 0.4) is 0 Å².